The van der Waals surface area contributed by atoms with Crippen LogP contribution in [0, 0.1) is 0 Å². The Kier molecular flexibility index (Phi) is 10.2. The molecule has 0 aliphatic rings. The second-order valence-corrected chi connectivity index (χ2v) is 4.37. The van der Waals surface area contributed by atoms with Crippen molar-refractivity contribution in [1.29, 1.82) is 0 Å². The van der Waals surface area contributed by atoms with Crippen LogP contribution < -0.4 is 5.32 Å². The van der Waals surface area contributed by atoms with Crippen molar-refractivity contribution in [1.82, 2.24) is 15.3 Å². The molecule has 0 unspecified atom stereocenters. The molecule has 0 heterocycles. The van der Waals surface area contributed by atoms with Crippen LogP contribution in [-0.2, 0) is 4.79 Å². The molecule has 4 nitrogen and oxygen atoms in total. The summed E-state index contributed by atoms with van der Waals surface area (Å²) in [5.74, 6) is 0.204. The second kappa shape index (κ2) is 10.5. The predicted molar refractivity (Wildman–Crippen MR) is 72.7 cm³/mol. The Morgan fingerprint density at radius 1 is 1.00 bits per heavy atom. The quantitative estimate of drug-likeness (QED) is 0.470. The normalized spacial score (nSPS) is 10.9. The molecule has 0 aliphatic carbocycles. The van der Waals surface area contributed by atoms with Crippen molar-refractivity contribution < 1.29 is 4.79 Å². The number of nitrogens with zero attached hydrogens (tertiary/aromatic N) is 2. The first-order chi connectivity index (χ1) is 8.17. The van der Waals surface area contributed by atoms with Gasteiger partial charge in [0.05, 0.1) is 0 Å². The Morgan fingerprint density at radius 2 is 1.59 bits per heavy atom. The van der Waals surface area contributed by atoms with Crippen LogP contribution in [0.4, 0.5) is 0 Å². The van der Waals surface area contributed by atoms with E-state index in [2.05, 4.69) is 31.1 Å². The zero-order valence-corrected chi connectivity index (χ0v) is 12.0. The Morgan fingerprint density at radius 3 is 2.06 bits per heavy atom. The Bertz CT molecular complexity index is 191. The molecule has 0 atom stereocenters. The zero-order valence-electron chi connectivity index (χ0n) is 12.0. The first kappa shape index (κ1) is 16.4. The van der Waals surface area contributed by atoms with Gasteiger partial charge in [-0.05, 0) is 25.8 Å². The predicted octanol–water partition coefficient (Wildman–Crippen LogP) is 1.87. The molecule has 0 saturated carbocycles. The minimum Gasteiger partial charge on any atom is -0.316 e. The van der Waals surface area contributed by atoms with Gasteiger partial charge < -0.3 is 5.32 Å². The SMILES string of the molecule is CCCNCCC(=O)N(C)N(CCC)CCC. The lowest BCUT2D eigenvalue weighted by Gasteiger charge is -2.31. The summed E-state index contributed by atoms with van der Waals surface area (Å²) in [7, 11) is 1.88. The number of nitrogens with one attached hydrogen (secondary N) is 1. The van der Waals surface area contributed by atoms with Crippen molar-refractivity contribution in [3.05, 3.63) is 0 Å². The summed E-state index contributed by atoms with van der Waals surface area (Å²) in [5.41, 5.74) is 0. The summed E-state index contributed by atoms with van der Waals surface area (Å²) in [5, 5.41) is 7.19. The maximum atomic E-state index is 11.9. The van der Waals surface area contributed by atoms with E-state index in [0.29, 0.717) is 6.42 Å². The molecule has 0 aromatic heterocycles. The lowest BCUT2D eigenvalue weighted by Crippen LogP contribution is -2.45. The van der Waals surface area contributed by atoms with E-state index in [1.54, 1.807) is 5.01 Å². The molecule has 0 radical (unpaired) electrons. The highest BCUT2D eigenvalue weighted by Crippen LogP contribution is 2.01. The lowest BCUT2D eigenvalue weighted by molar-refractivity contribution is -0.145. The molecule has 0 fully saturated rings. The summed E-state index contributed by atoms with van der Waals surface area (Å²) >= 11 is 0. The summed E-state index contributed by atoms with van der Waals surface area (Å²) in [6.07, 6.45) is 3.85. The van der Waals surface area contributed by atoms with Crippen LogP contribution in [0.5, 0.6) is 0 Å². The lowest BCUT2D eigenvalue weighted by atomic mass is 10.3. The van der Waals surface area contributed by atoms with Gasteiger partial charge in [-0.2, -0.15) is 0 Å². The smallest absolute Gasteiger partial charge is 0.237 e. The van der Waals surface area contributed by atoms with E-state index in [4.69, 9.17) is 0 Å². The maximum Gasteiger partial charge on any atom is 0.237 e. The second-order valence-electron chi connectivity index (χ2n) is 4.37. The van der Waals surface area contributed by atoms with Crippen molar-refractivity contribution >= 4 is 5.91 Å². The maximum absolute atomic E-state index is 11.9. The van der Waals surface area contributed by atoms with Crippen LogP contribution in [-0.4, -0.2) is 49.2 Å². The molecule has 17 heavy (non-hydrogen) atoms. The van der Waals surface area contributed by atoms with E-state index in [1.807, 2.05) is 7.05 Å². The van der Waals surface area contributed by atoms with Gasteiger partial charge in [0.1, 0.15) is 0 Å². The summed E-state index contributed by atoms with van der Waals surface area (Å²) < 4.78 is 0. The Balaban J connectivity index is 3.97. The van der Waals surface area contributed by atoms with Gasteiger partial charge in [-0.1, -0.05) is 20.8 Å². The van der Waals surface area contributed by atoms with E-state index >= 15 is 0 Å². The summed E-state index contributed by atoms with van der Waals surface area (Å²) in [4.78, 5) is 11.9. The molecule has 0 rings (SSSR count). The number of rotatable bonds is 10. The minimum atomic E-state index is 0.204. The third-order valence-corrected chi connectivity index (χ3v) is 2.69. The number of hydrogen-bond donors (Lipinski definition) is 1. The van der Waals surface area contributed by atoms with Crippen LogP contribution in [0.2, 0.25) is 0 Å². The monoisotopic (exact) mass is 243 g/mol. The molecule has 0 aliphatic heterocycles. The van der Waals surface area contributed by atoms with Gasteiger partial charge in [0, 0.05) is 33.1 Å². The van der Waals surface area contributed by atoms with Crippen LogP contribution >= 0.6 is 0 Å². The van der Waals surface area contributed by atoms with Crippen molar-refractivity contribution in [3.8, 4) is 0 Å². The number of hydrazine groups is 1. The number of amides is 1. The Hall–Kier alpha value is -0.610. The number of hydrogen-bond acceptors (Lipinski definition) is 3. The van der Waals surface area contributed by atoms with Crippen molar-refractivity contribution in [2.45, 2.75) is 46.5 Å². The molecular formula is C13H29N3O. The van der Waals surface area contributed by atoms with Gasteiger partial charge in [-0.3, -0.25) is 9.80 Å². The first-order valence-electron chi connectivity index (χ1n) is 6.89. The van der Waals surface area contributed by atoms with E-state index < -0.39 is 0 Å². The molecule has 1 N–H and O–H groups in total. The molecule has 1 amide bonds. The van der Waals surface area contributed by atoms with E-state index in [9.17, 15) is 4.79 Å². The van der Waals surface area contributed by atoms with Crippen molar-refractivity contribution in [2.75, 3.05) is 33.2 Å². The highest BCUT2D eigenvalue weighted by molar-refractivity contribution is 5.75. The average molecular weight is 243 g/mol. The molecular weight excluding hydrogens is 214 g/mol. The molecule has 0 saturated heterocycles. The van der Waals surface area contributed by atoms with Gasteiger partial charge in [0.25, 0.3) is 0 Å². The third kappa shape index (κ3) is 7.34. The minimum absolute atomic E-state index is 0.204. The fourth-order valence-corrected chi connectivity index (χ4v) is 1.74. The standard InChI is InChI=1S/C13H29N3O/c1-5-9-14-10-8-13(17)15(4)16(11-6-2)12-7-3/h14H,5-12H2,1-4H3. The largest absolute Gasteiger partial charge is 0.316 e. The topological polar surface area (TPSA) is 35.6 Å². The molecule has 0 aromatic rings. The third-order valence-electron chi connectivity index (χ3n) is 2.69. The van der Waals surface area contributed by atoms with E-state index in [1.165, 1.54) is 0 Å². The van der Waals surface area contributed by atoms with Crippen LogP contribution in [0.25, 0.3) is 0 Å². The van der Waals surface area contributed by atoms with Crippen LogP contribution in [0.3, 0.4) is 0 Å². The highest BCUT2D eigenvalue weighted by atomic mass is 16.2. The average Bonchev–Trinajstić information content (AvgIpc) is 2.33. The van der Waals surface area contributed by atoms with Gasteiger partial charge in [0.15, 0.2) is 0 Å². The van der Waals surface area contributed by atoms with Crippen molar-refractivity contribution in [2.24, 2.45) is 0 Å². The molecule has 102 valence electrons. The number of carbonyl (C=O) groups is 1. The summed E-state index contributed by atoms with van der Waals surface area (Å²) in [6.45, 7) is 10.1. The van der Waals surface area contributed by atoms with E-state index in [0.717, 1.165) is 45.4 Å². The van der Waals surface area contributed by atoms with Gasteiger partial charge in [0.2, 0.25) is 5.91 Å². The molecule has 0 aromatic carbocycles. The first-order valence-corrected chi connectivity index (χ1v) is 6.89. The fourth-order valence-electron chi connectivity index (χ4n) is 1.74. The fraction of sp³-hybridized carbons (Fsp3) is 0.923. The molecule has 0 spiro atoms. The van der Waals surface area contributed by atoms with Crippen molar-refractivity contribution in [3.63, 3.8) is 0 Å². The molecule has 4 heteroatoms. The van der Waals surface area contributed by atoms with Gasteiger partial charge in [-0.15, -0.1) is 0 Å². The van der Waals surface area contributed by atoms with Gasteiger partial charge >= 0.3 is 0 Å². The van der Waals surface area contributed by atoms with E-state index in [-0.39, 0.29) is 5.91 Å². The molecule has 0 bridgehead atoms. The summed E-state index contributed by atoms with van der Waals surface area (Å²) in [6, 6.07) is 0. The zero-order chi connectivity index (χ0) is 13.1. The van der Waals surface area contributed by atoms with Crippen LogP contribution in [0.15, 0.2) is 0 Å². The number of carbonyl (C=O) groups excluding carboxylic acids is 1. The highest BCUT2D eigenvalue weighted by Gasteiger charge is 2.14. The van der Waals surface area contributed by atoms with Crippen LogP contribution in [0.1, 0.15) is 46.5 Å². The Labute approximate surface area is 106 Å². The van der Waals surface area contributed by atoms with Gasteiger partial charge in [-0.25, -0.2) is 5.01 Å².